The lowest BCUT2D eigenvalue weighted by Crippen LogP contribution is -2.34. The van der Waals surface area contributed by atoms with E-state index in [0.29, 0.717) is 31.6 Å². The molecule has 0 saturated carbocycles. The molecule has 10 nitrogen and oxygen atoms in total. The Morgan fingerprint density at radius 1 is 0.946 bits per heavy atom. The maximum atomic E-state index is 13.0. The van der Waals surface area contributed by atoms with Gasteiger partial charge in [-0.1, -0.05) is 47.7 Å². The minimum Gasteiger partial charge on any atom is -0.352 e. The second-order valence-corrected chi connectivity index (χ2v) is 8.66. The van der Waals surface area contributed by atoms with Crippen molar-refractivity contribution in [3.05, 3.63) is 83.4 Å². The lowest BCUT2D eigenvalue weighted by Gasteiger charge is -2.15. The number of aromatic nitrogens is 3. The lowest BCUT2D eigenvalue weighted by molar-refractivity contribution is -0.135. The minimum atomic E-state index is -0.622. The number of nitrogens with one attached hydrogen (secondary N) is 3. The van der Waals surface area contributed by atoms with E-state index in [1.807, 2.05) is 30.3 Å². The second-order valence-electron chi connectivity index (χ2n) is 8.66. The fourth-order valence-corrected chi connectivity index (χ4v) is 3.75. The standard InChI is InChI=1S/C26H31FN6O4/c27-22-11-9-20(10-12-22)16-28-24(34)13-14-33-18-23(30-32-33)17-29-26(36)21(15-25(35)31-37)8-4-7-19-5-2-1-3-6-19/h1-3,5-6,9-12,18,21,37H,4,7-8,13-17H2,(H,28,34)(H,29,36)(H,31,35). The van der Waals surface area contributed by atoms with Crippen molar-refractivity contribution < 1.29 is 24.0 Å². The van der Waals surface area contributed by atoms with Crippen LogP contribution in [0.3, 0.4) is 0 Å². The van der Waals surface area contributed by atoms with E-state index in [4.69, 9.17) is 5.21 Å². The van der Waals surface area contributed by atoms with Crippen LogP contribution in [-0.2, 0) is 40.4 Å². The summed E-state index contributed by atoms with van der Waals surface area (Å²) in [6, 6.07) is 15.7. The van der Waals surface area contributed by atoms with Crippen LogP contribution in [0.2, 0.25) is 0 Å². The molecule has 0 radical (unpaired) electrons. The maximum Gasteiger partial charge on any atom is 0.244 e. The van der Waals surface area contributed by atoms with Gasteiger partial charge in [0.25, 0.3) is 0 Å². The zero-order valence-corrected chi connectivity index (χ0v) is 20.4. The fourth-order valence-electron chi connectivity index (χ4n) is 3.75. The number of hydrogen-bond donors (Lipinski definition) is 4. The molecule has 0 aliphatic rings. The van der Waals surface area contributed by atoms with Gasteiger partial charge in [-0.15, -0.1) is 5.10 Å². The topological polar surface area (TPSA) is 138 Å². The van der Waals surface area contributed by atoms with Crippen molar-refractivity contribution in [3.8, 4) is 0 Å². The third-order valence-electron chi connectivity index (χ3n) is 5.79. The zero-order chi connectivity index (χ0) is 26.5. The number of halogens is 1. The Morgan fingerprint density at radius 2 is 1.70 bits per heavy atom. The number of rotatable bonds is 14. The summed E-state index contributed by atoms with van der Waals surface area (Å²) in [4.78, 5) is 36.5. The van der Waals surface area contributed by atoms with E-state index in [2.05, 4.69) is 20.9 Å². The first kappa shape index (κ1) is 27.5. The highest BCUT2D eigenvalue weighted by Gasteiger charge is 2.21. The highest BCUT2D eigenvalue weighted by molar-refractivity contribution is 5.85. The molecule has 0 bridgehead atoms. The first-order valence-electron chi connectivity index (χ1n) is 12.1. The van der Waals surface area contributed by atoms with Crippen molar-refractivity contribution in [1.82, 2.24) is 31.1 Å². The maximum absolute atomic E-state index is 13.0. The van der Waals surface area contributed by atoms with E-state index in [1.165, 1.54) is 16.8 Å². The van der Waals surface area contributed by atoms with Gasteiger partial charge in [0, 0.05) is 25.3 Å². The molecule has 3 amide bonds. The van der Waals surface area contributed by atoms with Gasteiger partial charge in [-0.25, -0.2) is 9.87 Å². The average Bonchev–Trinajstić information content (AvgIpc) is 3.38. The average molecular weight is 511 g/mol. The molecule has 0 spiro atoms. The number of carbonyl (C=O) groups excluding carboxylic acids is 3. The molecule has 0 saturated heterocycles. The number of carbonyl (C=O) groups is 3. The first-order valence-corrected chi connectivity index (χ1v) is 12.1. The van der Waals surface area contributed by atoms with Gasteiger partial charge in [0.1, 0.15) is 11.5 Å². The Kier molecular flexibility index (Phi) is 10.7. The SMILES string of the molecule is O=C(CC(CCCc1ccccc1)C(=O)NCc1cn(CCC(=O)NCc2ccc(F)cc2)nn1)NO. The van der Waals surface area contributed by atoms with Crippen LogP contribution < -0.4 is 16.1 Å². The third kappa shape index (κ3) is 9.80. The summed E-state index contributed by atoms with van der Waals surface area (Å²) in [6.45, 7) is 0.717. The summed E-state index contributed by atoms with van der Waals surface area (Å²) in [6.07, 6.45) is 3.65. The molecule has 2 aromatic carbocycles. The molecule has 3 aromatic rings. The molecule has 1 unspecified atom stereocenters. The van der Waals surface area contributed by atoms with Crippen molar-refractivity contribution in [1.29, 1.82) is 0 Å². The van der Waals surface area contributed by atoms with Crippen LogP contribution >= 0.6 is 0 Å². The van der Waals surface area contributed by atoms with Crippen LogP contribution in [0.4, 0.5) is 4.39 Å². The smallest absolute Gasteiger partial charge is 0.244 e. The Balaban J connectivity index is 1.41. The molecule has 0 aliphatic heterocycles. The van der Waals surface area contributed by atoms with E-state index in [0.717, 1.165) is 17.5 Å². The summed E-state index contributed by atoms with van der Waals surface area (Å²) in [5, 5.41) is 22.4. The van der Waals surface area contributed by atoms with Gasteiger partial charge in [-0.2, -0.15) is 0 Å². The molecule has 1 atom stereocenters. The molecule has 0 fully saturated rings. The Hall–Kier alpha value is -4.12. The van der Waals surface area contributed by atoms with Gasteiger partial charge < -0.3 is 10.6 Å². The van der Waals surface area contributed by atoms with E-state index in [9.17, 15) is 18.8 Å². The van der Waals surface area contributed by atoms with Crippen molar-refractivity contribution in [2.75, 3.05) is 0 Å². The summed E-state index contributed by atoms with van der Waals surface area (Å²) in [5.74, 6) is -2.05. The van der Waals surface area contributed by atoms with Crippen LogP contribution in [0, 0.1) is 11.7 Å². The predicted octanol–water partition coefficient (Wildman–Crippen LogP) is 2.27. The van der Waals surface area contributed by atoms with Crippen molar-refractivity contribution in [3.63, 3.8) is 0 Å². The van der Waals surface area contributed by atoms with Gasteiger partial charge in [-0.05, 0) is 42.5 Å². The second kappa shape index (κ2) is 14.4. The van der Waals surface area contributed by atoms with Crippen molar-refractivity contribution in [2.24, 2.45) is 5.92 Å². The molecule has 4 N–H and O–H groups in total. The van der Waals surface area contributed by atoms with E-state index >= 15 is 0 Å². The normalized spacial score (nSPS) is 11.5. The Labute approximate surface area is 214 Å². The van der Waals surface area contributed by atoms with Gasteiger partial charge in [0.05, 0.1) is 19.3 Å². The minimum absolute atomic E-state index is 0.117. The van der Waals surface area contributed by atoms with Gasteiger partial charge >= 0.3 is 0 Å². The van der Waals surface area contributed by atoms with E-state index in [1.54, 1.807) is 23.8 Å². The number of hydroxylamine groups is 1. The van der Waals surface area contributed by atoms with E-state index in [-0.39, 0.29) is 37.0 Å². The molecular formula is C26H31FN6O4. The molecule has 37 heavy (non-hydrogen) atoms. The van der Waals surface area contributed by atoms with Crippen LogP contribution in [-0.4, -0.2) is 37.9 Å². The quantitative estimate of drug-likeness (QED) is 0.194. The Morgan fingerprint density at radius 3 is 2.43 bits per heavy atom. The first-order chi connectivity index (χ1) is 17.9. The van der Waals surface area contributed by atoms with E-state index < -0.39 is 11.8 Å². The number of amides is 3. The molecule has 1 aromatic heterocycles. The highest BCUT2D eigenvalue weighted by atomic mass is 19.1. The van der Waals surface area contributed by atoms with Crippen molar-refractivity contribution >= 4 is 17.7 Å². The monoisotopic (exact) mass is 510 g/mol. The van der Waals surface area contributed by atoms with Gasteiger partial charge in [-0.3, -0.25) is 24.3 Å². The summed E-state index contributed by atoms with van der Waals surface area (Å²) in [7, 11) is 0. The Bertz CT molecular complexity index is 1150. The molecule has 0 aliphatic carbocycles. The van der Waals surface area contributed by atoms with Crippen LogP contribution in [0.15, 0.2) is 60.8 Å². The van der Waals surface area contributed by atoms with Gasteiger partial charge in [0.2, 0.25) is 17.7 Å². The zero-order valence-electron chi connectivity index (χ0n) is 20.4. The molecular weight excluding hydrogens is 479 g/mol. The van der Waals surface area contributed by atoms with Gasteiger partial charge in [0.15, 0.2) is 0 Å². The number of benzene rings is 2. The number of hydrogen-bond acceptors (Lipinski definition) is 6. The fraction of sp³-hybridized carbons (Fsp3) is 0.346. The summed E-state index contributed by atoms with van der Waals surface area (Å²) >= 11 is 0. The summed E-state index contributed by atoms with van der Waals surface area (Å²) in [5.41, 5.74) is 4.04. The number of aryl methyl sites for hydroxylation is 2. The third-order valence-corrected chi connectivity index (χ3v) is 5.79. The lowest BCUT2D eigenvalue weighted by atomic mass is 9.95. The van der Waals surface area contributed by atoms with Crippen LogP contribution in [0.5, 0.6) is 0 Å². The molecule has 1 heterocycles. The van der Waals surface area contributed by atoms with Crippen LogP contribution in [0.25, 0.3) is 0 Å². The van der Waals surface area contributed by atoms with Crippen molar-refractivity contribution in [2.45, 2.75) is 51.7 Å². The largest absolute Gasteiger partial charge is 0.352 e. The molecule has 196 valence electrons. The molecule has 11 heteroatoms. The number of nitrogens with zero attached hydrogens (tertiary/aromatic N) is 3. The highest BCUT2D eigenvalue weighted by Crippen LogP contribution is 2.15. The molecule has 3 rings (SSSR count). The summed E-state index contributed by atoms with van der Waals surface area (Å²) < 4.78 is 14.5. The predicted molar refractivity (Wildman–Crippen MR) is 132 cm³/mol. The van der Waals surface area contributed by atoms with Crippen LogP contribution in [0.1, 0.15) is 42.5 Å².